The van der Waals surface area contributed by atoms with Crippen molar-refractivity contribution in [3.8, 4) is 11.5 Å². The Hall–Kier alpha value is -1.22. The summed E-state index contributed by atoms with van der Waals surface area (Å²) >= 11 is 0. The molecule has 3 nitrogen and oxygen atoms in total. The first-order chi connectivity index (χ1) is 7.04. The van der Waals surface area contributed by atoms with Gasteiger partial charge in [-0.05, 0) is 32.9 Å². The summed E-state index contributed by atoms with van der Waals surface area (Å²) in [5.74, 6) is 1.41. The molecule has 1 rings (SSSR count). The van der Waals surface area contributed by atoms with E-state index in [4.69, 9.17) is 9.47 Å². The molecule has 0 spiro atoms. The van der Waals surface area contributed by atoms with E-state index in [-0.39, 0.29) is 6.10 Å². The molecular formula is C12H18O3. The van der Waals surface area contributed by atoms with Gasteiger partial charge in [0.1, 0.15) is 11.5 Å². The van der Waals surface area contributed by atoms with Crippen molar-refractivity contribution >= 4 is 0 Å². The van der Waals surface area contributed by atoms with Gasteiger partial charge in [0.05, 0.1) is 19.3 Å². The highest BCUT2D eigenvalue weighted by Crippen LogP contribution is 2.30. The quantitative estimate of drug-likeness (QED) is 0.830. The Labute approximate surface area is 90.6 Å². The second kappa shape index (κ2) is 5.03. The van der Waals surface area contributed by atoms with Gasteiger partial charge in [-0.3, -0.25) is 0 Å². The van der Waals surface area contributed by atoms with Gasteiger partial charge in [0.25, 0.3) is 0 Å². The summed E-state index contributed by atoms with van der Waals surface area (Å²) in [6.07, 6.45) is -0.459. The molecule has 0 heterocycles. The molecule has 84 valence electrons. The molecule has 0 amide bonds. The first kappa shape index (κ1) is 11.9. The molecule has 0 aliphatic heterocycles. The number of benzene rings is 1. The molecule has 0 saturated heterocycles. The van der Waals surface area contributed by atoms with Crippen LogP contribution in [0.2, 0.25) is 0 Å². The average molecular weight is 210 g/mol. The van der Waals surface area contributed by atoms with Crippen molar-refractivity contribution in [3.05, 3.63) is 23.8 Å². The zero-order valence-electron chi connectivity index (χ0n) is 9.65. The third kappa shape index (κ3) is 3.13. The highest BCUT2D eigenvalue weighted by molar-refractivity contribution is 5.41. The van der Waals surface area contributed by atoms with Gasteiger partial charge < -0.3 is 14.6 Å². The summed E-state index contributed by atoms with van der Waals surface area (Å²) < 4.78 is 10.7. The standard InChI is InChI=1S/C12H18O3/c1-8(2)15-12-7-10(14-4)5-6-11(12)9(3)13/h5-9,13H,1-4H3/t9-/m1/s1. The zero-order valence-corrected chi connectivity index (χ0v) is 9.65. The van der Waals surface area contributed by atoms with Gasteiger partial charge in [-0.25, -0.2) is 0 Å². The minimum atomic E-state index is -0.537. The highest BCUT2D eigenvalue weighted by atomic mass is 16.5. The number of aliphatic hydroxyl groups excluding tert-OH is 1. The lowest BCUT2D eigenvalue weighted by molar-refractivity contribution is 0.182. The van der Waals surface area contributed by atoms with E-state index >= 15 is 0 Å². The molecule has 0 radical (unpaired) electrons. The fraction of sp³-hybridized carbons (Fsp3) is 0.500. The Morgan fingerprint density at radius 3 is 2.33 bits per heavy atom. The molecule has 0 aliphatic carbocycles. The third-order valence-corrected chi connectivity index (χ3v) is 2.03. The Balaban J connectivity index is 3.05. The molecule has 1 atom stereocenters. The van der Waals surface area contributed by atoms with Crippen LogP contribution in [-0.4, -0.2) is 18.3 Å². The highest BCUT2D eigenvalue weighted by Gasteiger charge is 2.11. The molecule has 1 aromatic carbocycles. The van der Waals surface area contributed by atoms with Gasteiger partial charge in [0.2, 0.25) is 0 Å². The van der Waals surface area contributed by atoms with Crippen molar-refractivity contribution in [1.82, 2.24) is 0 Å². The number of rotatable bonds is 4. The van der Waals surface area contributed by atoms with Crippen molar-refractivity contribution in [2.24, 2.45) is 0 Å². The van der Waals surface area contributed by atoms with Gasteiger partial charge in [-0.1, -0.05) is 0 Å². The van der Waals surface area contributed by atoms with Gasteiger partial charge in [0, 0.05) is 11.6 Å². The van der Waals surface area contributed by atoms with Crippen LogP contribution in [0.3, 0.4) is 0 Å². The van der Waals surface area contributed by atoms with Crippen LogP contribution >= 0.6 is 0 Å². The summed E-state index contributed by atoms with van der Waals surface area (Å²) in [7, 11) is 1.61. The summed E-state index contributed by atoms with van der Waals surface area (Å²) in [5, 5.41) is 9.56. The molecule has 0 bridgehead atoms. The molecule has 0 aliphatic rings. The number of ether oxygens (including phenoxy) is 2. The summed E-state index contributed by atoms with van der Waals surface area (Å²) in [6, 6.07) is 5.43. The molecule has 15 heavy (non-hydrogen) atoms. The Bertz CT molecular complexity index is 319. The molecule has 3 heteroatoms. The zero-order chi connectivity index (χ0) is 11.4. The number of methoxy groups -OCH3 is 1. The van der Waals surface area contributed by atoms with Crippen molar-refractivity contribution in [3.63, 3.8) is 0 Å². The molecule has 1 aromatic rings. The van der Waals surface area contributed by atoms with Crippen LogP contribution in [0.5, 0.6) is 11.5 Å². The number of aliphatic hydroxyl groups is 1. The van der Waals surface area contributed by atoms with E-state index in [1.807, 2.05) is 26.0 Å². The van der Waals surface area contributed by atoms with Crippen LogP contribution in [-0.2, 0) is 0 Å². The Morgan fingerprint density at radius 1 is 1.20 bits per heavy atom. The van der Waals surface area contributed by atoms with Gasteiger partial charge >= 0.3 is 0 Å². The lowest BCUT2D eigenvalue weighted by atomic mass is 10.1. The largest absolute Gasteiger partial charge is 0.497 e. The van der Waals surface area contributed by atoms with Gasteiger partial charge in [0.15, 0.2) is 0 Å². The van der Waals surface area contributed by atoms with E-state index in [1.54, 1.807) is 20.1 Å². The maximum Gasteiger partial charge on any atom is 0.129 e. The van der Waals surface area contributed by atoms with Crippen LogP contribution in [0.4, 0.5) is 0 Å². The fourth-order valence-electron chi connectivity index (χ4n) is 1.34. The van der Waals surface area contributed by atoms with E-state index in [1.165, 1.54) is 0 Å². The van der Waals surface area contributed by atoms with Crippen molar-refractivity contribution in [1.29, 1.82) is 0 Å². The maximum atomic E-state index is 9.56. The molecule has 1 N–H and O–H groups in total. The normalized spacial score (nSPS) is 12.7. The predicted octanol–water partition coefficient (Wildman–Crippen LogP) is 2.54. The fourth-order valence-corrected chi connectivity index (χ4v) is 1.34. The van der Waals surface area contributed by atoms with Crippen molar-refractivity contribution in [2.75, 3.05) is 7.11 Å². The third-order valence-electron chi connectivity index (χ3n) is 2.03. The van der Waals surface area contributed by atoms with E-state index in [0.29, 0.717) is 5.75 Å². The van der Waals surface area contributed by atoms with Crippen molar-refractivity contribution in [2.45, 2.75) is 33.0 Å². The smallest absolute Gasteiger partial charge is 0.129 e. The van der Waals surface area contributed by atoms with Crippen LogP contribution in [0.1, 0.15) is 32.4 Å². The monoisotopic (exact) mass is 210 g/mol. The minimum absolute atomic E-state index is 0.0783. The van der Waals surface area contributed by atoms with Crippen LogP contribution in [0.15, 0.2) is 18.2 Å². The van der Waals surface area contributed by atoms with Gasteiger partial charge in [-0.15, -0.1) is 0 Å². The molecular weight excluding hydrogens is 192 g/mol. The maximum absolute atomic E-state index is 9.56. The summed E-state index contributed by atoms with van der Waals surface area (Å²) in [5.41, 5.74) is 0.782. The molecule has 0 aromatic heterocycles. The lowest BCUT2D eigenvalue weighted by Gasteiger charge is -2.16. The SMILES string of the molecule is COc1ccc([C@@H](C)O)c(OC(C)C)c1. The summed E-state index contributed by atoms with van der Waals surface area (Å²) in [4.78, 5) is 0. The van der Waals surface area contributed by atoms with E-state index in [0.717, 1.165) is 11.3 Å². The first-order valence-electron chi connectivity index (χ1n) is 5.07. The lowest BCUT2D eigenvalue weighted by Crippen LogP contribution is -2.08. The van der Waals surface area contributed by atoms with Crippen LogP contribution in [0, 0.1) is 0 Å². The second-order valence-electron chi connectivity index (χ2n) is 3.75. The molecule has 0 saturated carbocycles. The van der Waals surface area contributed by atoms with E-state index in [2.05, 4.69) is 0 Å². The summed E-state index contributed by atoms with van der Waals surface area (Å²) in [6.45, 7) is 5.62. The van der Waals surface area contributed by atoms with Gasteiger partial charge in [-0.2, -0.15) is 0 Å². The molecule has 0 fully saturated rings. The van der Waals surface area contributed by atoms with Crippen LogP contribution < -0.4 is 9.47 Å². The Kier molecular flexibility index (Phi) is 3.97. The van der Waals surface area contributed by atoms with E-state index < -0.39 is 6.10 Å². The first-order valence-corrected chi connectivity index (χ1v) is 5.07. The molecule has 0 unspecified atom stereocenters. The van der Waals surface area contributed by atoms with E-state index in [9.17, 15) is 5.11 Å². The average Bonchev–Trinajstić information content (AvgIpc) is 2.16. The van der Waals surface area contributed by atoms with Crippen LogP contribution in [0.25, 0.3) is 0 Å². The minimum Gasteiger partial charge on any atom is -0.497 e. The Morgan fingerprint density at radius 2 is 1.87 bits per heavy atom. The second-order valence-corrected chi connectivity index (χ2v) is 3.75. The number of hydrogen-bond acceptors (Lipinski definition) is 3. The topological polar surface area (TPSA) is 38.7 Å². The predicted molar refractivity (Wildman–Crippen MR) is 59.4 cm³/mol. The number of hydrogen-bond donors (Lipinski definition) is 1. The van der Waals surface area contributed by atoms with Crippen molar-refractivity contribution < 1.29 is 14.6 Å².